The van der Waals surface area contributed by atoms with E-state index in [1.54, 1.807) is 0 Å². The number of halogens is 1. The number of likely N-dealkylation sites (tertiary alicyclic amines) is 1. The van der Waals surface area contributed by atoms with Crippen LogP contribution in [0.5, 0.6) is 0 Å². The van der Waals surface area contributed by atoms with Gasteiger partial charge in [0.25, 0.3) is 0 Å². The molecule has 4 nitrogen and oxygen atoms in total. The van der Waals surface area contributed by atoms with Gasteiger partial charge < -0.3 is 11.1 Å². The van der Waals surface area contributed by atoms with Crippen molar-refractivity contribution in [3.63, 3.8) is 0 Å². The molecule has 1 aromatic carbocycles. The van der Waals surface area contributed by atoms with Gasteiger partial charge in [-0.25, -0.2) is 0 Å². The Bertz CT molecular complexity index is 478. The largest absolute Gasteiger partial charge is 0.353 e. The fraction of sp³-hybridized carbons (Fsp3) is 0.611. The molecule has 1 fully saturated rings. The lowest BCUT2D eigenvalue weighted by atomic mass is 9.96. The predicted octanol–water partition coefficient (Wildman–Crippen LogP) is 2.71. The Hall–Kier alpha value is -1.10. The molecule has 1 heterocycles. The molecule has 3 N–H and O–H groups in total. The van der Waals surface area contributed by atoms with Gasteiger partial charge in [0.1, 0.15) is 0 Å². The minimum atomic E-state index is -0.752. The fourth-order valence-corrected chi connectivity index (χ4v) is 3.20. The summed E-state index contributed by atoms with van der Waals surface area (Å²) in [5.74, 6) is -0.0269. The Labute approximate surface area is 146 Å². The molecule has 5 heteroatoms. The number of carbonyl (C=O) groups excluding carboxylic acids is 1. The maximum Gasteiger partial charge on any atom is 0.239 e. The van der Waals surface area contributed by atoms with Crippen molar-refractivity contribution < 1.29 is 4.79 Å². The number of rotatable bonds is 7. The second-order valence-electron chi connectivity index (χ2n) is 6.63. The summed E-state index contributed by atoms with van der Waals surface area (Å²) in [4.78, 5) is 14.7. The number of nitrogens with two attached hydrogens (primary N) is 1. The van der Waals surface area contributed by atoms with Crippen molar-refractivity contribution in [2.24, 2.45) is 5.73 Å². The summed E-state index contributed by atoms with van der Waals surface area (Å²) in [7, 11) is 0. The third-order valence-corrected chi connectivity index (χ3v) is 4.51. The number of nitrogens with zero attached hydrogens (tertiary/aromatic N) is 1. The van der Waals surface area contributed by atoms with Crippen LogP contribution in [0.15, 0.2) is 30.3 Å². The summed E-state index contributed by atoms with van der Waals surface area (Å²) in [6.45, 7) is 6.63. The average molecular weight is 340 g/mol. The summed E-state index contributed by atoms with van der Waals surface area (Å²) in [6, 6.07) is 10.9. The van der Waals surface area contributed by atoms with Gasteiger partial charge in [-0.3, -0.25) is 9.69 Å². The van der Waals surface area contributed by atoms with Crippen molar-refractivity contribution in [2.45, 2.75) is 57.7 Å². The lowest BCUT2D eigenvalue weighted by molar-refractivity contribution is -0.126. The van der Waals surface area contributed by atoms with Crippen LogP contribution in [-0.2, 0) is 11.3 Å². The molecule has 23 heavy (non-hydrogen) atoms. The van der Waals surface area contributed by atoms with Gasteiger partial charge in [0.05, 0.1) is 5.54 Å². The summed E-state index contributed by atoms with van der Waals surface area (Å²) >= 11 is 0. The number of benzene rings is 1. The van der Waals surface area contributed by atoms with Crippen LogP contribution < -0.4 is 11.1 Å². The molecule has 0 saturated carbocycles. The van der Waals surface area contributed by atoms with Crippen LogP contribution >= 0.6 is 12.4 Å². The number of hydrogen-bond acceptors (Lipinski definition) is 3. The van der Waals surface area contributed by atoms with Crippen LogP contribution in [0, 0.1) is 0 Å². The molecular weight excluding hydrogens is 310 g/mol. The van der Waals surface area contributed by atoms with E-state index >= 15 is 0 Å². The van der Waals surface area contributed by atoms with E-state index in [1.165, 1.54) is 12.0 Å². The summed E-state index contributed by atoms with van der Waals surface area (Å²) in [6.07, 6.45) is 3.98. The second-order valence-corrected chi connectivity index (χ2v) is 6.63. The molecule has 0 spiro atoms. The second kappa shape index (κ2) is 9.26. The smallest absolute Gasteiger partial charge is 0.239 e. The van der Waals surface area contributed by atoms with Crippen LogP contribution in [0.3, 0.4) is 0 Å². The van der Waals surface area contributed by atoms with E-state index in [1.807, 2.05) is 13.0 Å². The molecule has 0 radical (unpaired) electrons. The highest BCUT2D eigenvalue weighted by molar-refractivity contribution is 5.85. The predicted molar refractivity (Wildman–Crippen MR) is 97.6 cm³/mol. The lowest BCUT2D eigenvalue weighted by Crippen LogP contribution is -2.53. The average Bonchev–Trinajstić information content (AvgIpc) is 2.93. The lowest BCUT2D eigenvalue weighted by Gasteiger charge is -2.28. The molecule has 130 valence electrons. The highest BCUT2D eigenvalue weighted by Crippen LogP contribution is 2.20. The fourth-order valence-electron chi connectivity index (χ4n) is 3.20. The van der Waals surface area contributed by atoms with Gasteiger partial charge in [0.2, 0.25) is 5.91 Å². The van der Waals surface area contributed by atoms with E-state index in [0.717, 1.165) is 32.4 Å². The van der Waals surface area contributed by atoms with Crippen molar-refractivity contribution in [1.82, 2.24) is 10.2 Å². The zero-order chi connectivity index (χ0) is 16.0. The van der Waals surface area contributed by atoms with Gasteiger partial charge in [-0.2, -0.15) is 0 Å². The monoisotopic (exact) mass is 339 g/mol. The van der Waals surface area contributed by atoms with E-state index in [0.29, 0.717) is 12.6 Å². The van der Waals surface area contributed by atoms with Gasteiger partial charge in [-0.1, -0.05) is 43.7 Å². The highest BCUT2D eigenvalue weighted by atomic mass is 35.5. The normalized spacial score (nSPS) is 20.6. The van der Waals surface area contributed by atoms with Crippen molar-refractivity contribution >= 4 is 18.3 Å². The quantitative estimate of drug-likeness (QED) is 0.803. The van der Waals surface area contributed by atoms with E-state index < -0.39 is 5.54 Å². The molecule has 1 aliphatic rings. The summed E-state index contributed by atoms with van der Waals surface area (Å²) < 4.78 is 0. The maximum absolute atomic E-state index is 12.2. The molecule has 1 aliphatic heterocycles. The van der Waals surface area contributed by atoms with E-state index in [2.05, 4.69) is 41.4 Å². The van der Waals surface area contributed by atoms with Crippen LogP contribution in [0.25, 0.3) is 0 Å². The zero-order valence-electron chi connectivity index (χ0n) is 14.3. The Morgan fingerprint density at radius 2 is 2.09 bits per heavy atom. The molecule has 1 amide bonds. The third-order valence-electron chi connectivity index (χ3n) is 4.51. The van der Waals surface area contributed by atoms with Gasteiger partial charge >= 0.3 is 0 Å². The number of hydrogen-bond donors (Lipinski definition) is 2. The van der Waals surface area contributed by atoms with E-state index in [-0.39, 0.29) is 18.3 Å². The first-order valence-corrected chi connectivity index (χ1v) is 8.38. The SMILES string of the molecule is CCCC(C)(N)C(=O)NCC1CCCN1Cc1ccccc1.Cl. The summed E-state index contributed by atoms with van der Waals surface area (Å²) in [5, 5.41) is 3.06. The Balaban J connectivity index is 0.00000264. The Kier molecular flexibility index (Phi) is 8.03. The van der Waals surface area contributed by atoms with E-state index in [9.17, 15) is 4.79 Å². The van der Waals surface area contributed by atoms with Crippen molar-refractivity contribution in [2.75, 3.05) is 13.1 Å². The van der Waals surface area contributed by atoms with Gasteiger partial charge in [-0.15, -0.1) is 12.4 Å². The minimum absolute atomic E-state index is 0. The maximum atomic E-state index is 12.2. The van der Waals surface area contributed by atoms with Crippen molar-refractivity contribution in [3.8, 4) is 0 Å². The van der Waals surface area contributed by atoms with Gasteiger partial charge in [0, 0.05) is 19.1 Å². The van der Waals surface area contributed by atoms with Crippen LogP contribution in [0.1, 0.15) is 45.1 Å². The minimum Gasteiger partial charge on any atom is -0.353 e. The molecule has 0 aromatic heterocycles. The molecule has 2 unspecified atom stereocenters. The zero-order valence-corrected chi connectivity index (χ0v) is 15.1. The molecule has 0 bridgehead atoms. The first kappa shape index (κ1) is 19.9. The summed E-state index contributed by atoms with van der Waals surface area (Å²) in [5.41, 5.74) is 6.66. The van der Waals surface area contributed by atoms with Crippen LogP contribution in [0.2, 0.25) is 0 Å². The molecule has 1 saturated heterocycles. The van der Waals surface area contributed by atoms with Crippen molar-refractivity contribution in [3.05, 3.63) is 35.9 Å². The molecule has 2 rings (SSSR count). The van der Waals surface area contributed by atoms with Crippen LogP contribution in [0.4, 0.5) is 0 Å². The Morgan fingerprint density at radius 3 is 2.74 bits per heavy atom. The molecular formula is C18H30ClN3O. The van der Waals surface area contributed by atoms with Gasteiger partial charge in [-0.05, 0) is 38.3 Å². The van der Waals surface area contributed by atoms with E-state index in [4.69, 9.17) is 5.73 Å². The first-order chi connectivity index (χ1) is 10.5. The van der Waals surface area contributed by atoms with Crippen molar-refractivity contribution in [1.29, 1.82) is 0 Å². The number of carbonyl (C=O) groups is 1. The highest BCUT2D eigenvalue weighted by Gasteiger charge is 2.29. The molecule has 0 aliphatic carbocycles. The van der Waals surface area contributed by atoms with Gasteiger partial charge in [0.15, 0.2) is 0 Å². The number of nitrogens with one attached hydrogen (secondary N) is 1. The molecule has 1 aromatic rings. The third kappa shape index (κ3) is 5.79. The standard InChI is InChI=1S/C18H29N3O.ClH/c1-3-11-18(2,19)17(22)20-13-16-10-7-12-21(16)14-15-8-5-4-6-9-15;/h4-6,8-9,16H,3,7,10-14,19H2,1-2H3,(H,20,22);1H. The topological polar surface area (TPSA) is 58.4 Å². The Morgan fingerprint density at radius 1 is 1.39 bits per heavy atom. The first-order valence-electron chi connectivity index (χ1n) is 8.38. The molecule has 2 atom stereocenters. The number of amides is 1. The van der Waals surface area contributed by atoms with Crippen LogP contribution in [-0.4, -0.2) is 35.5 Å².